The summed E-state index contributed by atoms with van der Waals surface area (Å²) in [5, 5.41) is 7.47. The monoisotopic (exact) mass is 386 g/mol. The van der Waals surface area contributed by atoms with Gasteiger partial charge in [0.15, 0.2) is 0 Å². The summed E-state index contributed by atoms with van der Waals surface area (Å²) < 4.78 is 15.1. The van der Waals surface area contributed by atoms with Crippen LogP contribution in [0.1, 0.15) is 51.6 Å². The summed E-state index contributed by atoms with van der Waals surface area (Å²) in [5.41, 5.74) is 1.17. The second kappa shape index (κ2) is 9.32. The number of nitrogens with one attached hydrogen (secondary N) is 1. The number of amides is 1. The number of hydrogen-bond donors (Lipinski definition) is 1. The van der Waals surface area contributed by atoms with Crippen molar-refractivity contribution >= 4 is 11.7 Å². The highest BCUT2D eigenvalue weighted by Crippen LogP contribution is 2.27. The van der Waals surface area contributed by atoms with Crippen LogP contribution in [-0.4, -0.2) is 39.7 Å². The van der Waals surface area contributed by atoms with E-state index in [4.69, 9.17) is 0 Å². The van der Waals surface area contributed by atoms with Crippen molar-refractivity contribution in [2.24, 2.45) is 5.92 Å². The van der Waals surface area contributed by atoms with Crippen molar-refractivity contribution in [3.05, 3.63) is 47.9 Å². The molecular formula is C22H31FN4O. The predicted octanol–water partition coefficient (Wildman–Crippen LogP) is 4.27. The minimum absolute atomic E-state index is 0.0436. The molecule has 0 radical (unpaired) electrons. The van der Waals surface area contributed by atoms with Crippen molar-refractivity contribution in [3.8, 4) is 0 Å². The Kier molecular flexibility index (Phi) is 6.83. The average Bonchev–Trinajstić information content (AvgIpc) is 3.11. The number of piperidine rings is 1. The van der Waals surface area contributed by atoms with Crippen LogP contribution in [0.4, 0.5) is 10.2 Å². The molecule has 1 aromatic carbocycles. The molecule has 1 atom stereocenters. The summed E-state index contributed by atoms with van der Waals surface area (Å²) in [6.45, 7) is 8.30. The Balaban J connectivity index is 1.53. The van der Waals surface area contributed by atoms with Crippen LogP contribution in [0.15, 0.2) is 36.5 Å². The van der Waals surface area contributed by atoms with Gasteiger partial charge in [0.05, 0.1) is 12.2 Å². The van der Waals surface area contributed by atoms with Gasteiger partial charge in [0, 0.05) is 31.6 Å². The molecule has 3 rings (SSSR count). The second-order valence-corrected chi connectivity index (χ2v) is 8.25. The predicted molar refractivity (Wildman–Crippen MR) is 110 cm³/mol. The van der Waals surface area contributed by atoms with E-state index >= 15 is 0 Å². The van der Waals surface area contributed by atoms with E-state index in [1.807, 2.05) is 36.7 Å². The minimum Gasteiger partial charge on any atom is -0.311 e. The van der Waals surface area contributed by atoms with Crippen molar-refractivity contribution in [2.45, 2.75) is 58.5 Å². The molecule has 2 aromatic rings. The standard InChI is InChI=1S/C22H31FN4O/c1-16(2)14-22(28)25-21-8-11-24-27(21)20-9-12-26(13-10-20)17(3)15-18-4-6-19(23)7-5-18/h4-8,11,16-17,20H,9-10,12-15H2,1-3H3,(H,25,28)/t17-/m0/s1. The van der Waals surface area contributed by atoms with E-state index in [0.717, 1.165) is 38.2 Å². The van der Waals surface area contributed by atoms with Crippen LogP contribution in [0.2, 0.25) is 0 Å². The molecule has 5 nitrogen and oxygen atoms in total. The second-order valence-electron chi connectivity index (χ2n) is 8.25. The van der Waals surface area contributed by atoms with Crippen molar-refractivity contribution in [2.75, 3.05) is 18.4 Å². The highest BCUT2D eigenvalue weighted by atomic mass is 19.1. The number of carbonyl (C=O) groups excluding carboxylic acids is 1. The fourth-order valence-corrected chi connectivity index (χ4v) is 3.93. The van der Waals surface area contributed by atoms with E-state index in [-0.39, 0.29) is 11.7 Å². The van der Waals surface area contributed by atoms with Gasteiger partial charge in [-0.2, -0.15) is 5.10 Å². The number of rotatable bonds is 7. The van der Waals surface area contributed by atoms with E-state index < -0.39 is 0 Å². The van der Waals surface area contributed by atoms with Gasteiger partial charge in [0.1, 0.15) is 11.6 Å². The van der Waals surface area contributed by atoms with Gasteiger partial charge in [-0.3, -0.25) is 4.79 Å². The molecule has 1 aliphatic rings. The first-order valence-corrected chi connectivity index (χ1v) is 10.2. The maximum Gasteiger partial charge on any atom is 0.225 e. The first-order valence-electron chi connectivity index (χ1n) is 10.2. The van der Waals surface area contributed by atoms with Crippen LogP contribution < -0.4 is 5.32 Å². The number of likely N-dealkylation sites (tertiary alicyclic amines) is 1. The topological polar surface area (TPSA) is 50.2 Å². The number of halogens is 1. The molecular weight excluding hydrogens is 355 g/mol. The number of anilines is 1. The highest BCUT2D eigenvalue weighted by molar-refractivity contribution is 5.89. The largest absolute Gasteiger partial charge is 0.311 e. The fraction of sp³-hybridized carbons (Fsp3) is 0.545. The minimum atomic E-state index is -0.187. The smallest absolute Gasteiger partial charge is 0.225 e. The summed E-state index contributed by atoms with van der Waals surface area (Å²) >= 11 is 0. The van der Waals surface area contributed by atoms with E-state index in [1.54, 1.807) is 6.20 Å². The van der Waals surface area contributed by atoms with Gasteiger partial charge in [-0.05, 0) is 49.8 Å². The van der Waals surface area contributed by atoms with E-state index in [9.17, 15) is 9.18 Å². The van der Waals surface area contributed by atoms with Crippen molar-refractivity contribution in [1.82, 2.24) is 14.7 Å². The zero-order valence-electron chi connectivity index (χ0n) is 17.1. The maximum atomic E-state index is 13.1. The highest BCUT2D eigenvalue weighted by Gasteiger charge is 2.25. The van der Waals surface area contributed by atoms with Crippen LogP contribution in [0, 0.1) is 11.7 Å². The molecule has 0 saturated carbocycles. The average molecular weight is 387 g/mol. The SMILES string of the molecule is CC(C)CC(=O)Nc1ccnn1C1CCN([C@@H](C)Cc2ccc(F)cc2)CC1. The Morgan fingerprint density at radius 1 is 1.18 bits per heavy atom. The molecule has 6 heteroatoms. The molecule has 28 heavy (non-hydrogen) atoms. The maximum absolute atomic E-state index is 13.1. The lowest BCUT2D eigenvalue weighted by atomic mass is 10.00. The molecule has 1 saturated heterocycles. The van der Waals surface area contributed by atoms with Crippen LogP contribution in [-0.2, 0) is 11.2 Å². The first-order chi connectivity index (χ1) is 13.4. The molecule has 1 aromatic heterocycles. The zero-order chi connectivity index (χ0) is 20.1. The molecule has 1 N–H and O–H groups in total. The van der Waals surface area contributed by atoms with Gasteiger partial charge in [0.25, 0.3) is 0 Å². The van der Waals surface area contributed by atoms with Crippen LogP contribution in [0.25, 0.3) is 0 Å². The van der Waals surface area contributed by atoms with Crippen molar-refractivity contribution in [3.63, 3.8) is 0 Å². The Morgan fingerprint density at radius 2 is 1.86 bits per heavy atom. The molecule has 0 aliphatic carbocycles. The third-order valence-electron chi connectivity index (χ3n) is 5.44. The Labute approximate surface area is 166 Å². The van der Waals surface area contributed by atoms with Gasteiger partial charge >= 0.3 is 0 Å². The molecule has 2 heterocycles. The molecule has 1 aliphatic heterocycles. The lowest BCUT2D eigenvalue weighted by Crippen LogP contribution is -2.41. The third-order valence-corrected chi connectivity index (χ3v) is 5.44. The van der Waals surface area contributed by atoms with Gasteiger partial charge < -0.3 is 10.2 Å². The Hall–Kier alpha value is -2.21. The number of nitrogens with zero attached hydrogens (tertiary/aromatic N) is 3. The Morgan fingerprint density at radius 3 is 2.50 bits per heavy atom. The van der Waals surface area contributed by atoms with Crippen LogP contribution in [0.5, 0.6) is 0 Å². The molecule has 1 amide bonds. The van der Waals surface area contributed by atoms with Crippen molar-refractivity contribution < 1.29 is 9.18 Å². The number of carbonyl (C=O) groups is 1. The van der Waals surface area contributed by atoms with Gasteiger partial charge in [0.2, 0.25) is 5.91 Å². The zero-order valence-corrected chi connectivity index (χ0v) is 17.1. The lowest BCUT2D eigenvalue weighted by molar-refractivity contribution is -0.116. The number of aromatic nitrogens is 2. The number of benzene rings is 1. The Bertz CT molecular complexity index is 763. The summed E-state index contributed by atoms with van der Waals surface area (Å²) in [6.07, 6.45) is 5.20. The molecule has 0 bridgehead atoms. The lowest BCUT2D eigenvalue weighted by Gasteiger charge is -2.36. The third kappa shape index (κ3) is 5.41. The molecule has 152 valence electrons. The van der Waals surface area contributed by atoms with Crippen LogP contribution >= 0.6 is 0 Å². The van der Waals surface area contributed by atoms with Crippen molar-refractivity contribution in [1.29, 1.82) is 0 Å². The normalized spacial score (nSPS) is 17.0. The summed E-state index contributed by atoms with van der Waals surface area (Å²) in [7, 11) is 0. The van der Waals surface area contributed by atoms with Gasteiger partial charge in [-0.15, -0.1) is 0 Å². The quantitative estimate of drug-likeness (QED) is 0.773. The molecule has 0 spiro atoms. The number of hydrogen-bond acceptors (Lipinski definition) is 3. The van der Waals surface area contributed by atoms with E-state index in [1.165, 1.54) is 17.7 Å². The molecule has 0 unspecified atom stereocenters. The summed E-state index contributed by atoms with van der Waals surface area (Å²) in [6, 6.07) is 9.39. The summed E-state index contributed by atoms with van der Waals surface area (Å²) in [4.78, 5) is 14.6. The summed E-state index contributed by atoms with van der Waals surface area (Å²) in [5.74, 6) is 0.987. The van der Waals surface area contributed by atoms with Crippen LogP contribution in [0.3, 0.4) is 0 Å². The van der Waals surface area contributed by atoms with Gasteiger partial charge in [-0.25, -0.2) is 9.07 Å². The fourth-order valence-electron chi connectivity index (χ4n) is 3.93. The van der Waals surface area contributed by atoms with Gasteiger partial charge in [-0.1, -0.05) is 26.0 Å². The first kappa shape index (κ1) is 20.5. The molecule has 1 fully saturated rings. The van der Waals surface area contributed by atoms with E-state index in [0.29, 0.717) is 24.4 Å². The van der Waals surface area contributed by atoms with E-state index in [2.05, 4.69) is 22.2 Å².